The van der Waals surface area contributed by atoms with Gasteiger partial charge in [-0.25, -0.2) is 9.59 Å². The Morgan fingerprint density at radius 2 is 1.42 bits per heavy atom. The maximum Gasteiger partial charge on any atom is 0.677 e. The highest BCUT2D eigenvalue weighted by Crippen LogP contribution is 2.44. The molecule has 1 aromatic heterocycles. The number of esters is 2. The largest absolute Gasteiger partial charge is 0.677 e. The summed E-state index contributed by atoms with van der Waals surface area (Å²) in [4.78, 5) is 33.4. The van der Waals surface area contributed by atoms with E-state index in [9.17, 15) is 9.59 Å². The lowest BCUT2D eigenvalue weighted by molar-refractivity contribution is -0.135. The molecule has 0 aliphatic carbocycles. The summed E-state index contributed by atoms with van der Waals surface area (Å²) in [6, 6.07) is 12.5. The van der Waals surface area contributed by atoms with E-state index in [2.05, 4.69) is 36.4 Å². The highest BCUT2D eigenvalue weighted by atomic mass is 19.2. The Balaban J connectivity index is 2.13. The maximum atomic E-state index is 15.4. The highest BCUT2D eigenvalue weighted by Gasteiger charge is 2.39. The number of halogens is 2. The van der Waals surface area contributed by atoms with Crippen molar-refractivity contribution < 1.29 is 27.7 Å². The molecule has 0 N–H and O–H groups in total. The van der Waals surface area contributed by atoms with Gasteiger partial charge >= 0.3 is 19.3 Å². The van der Waals surface area contributed by atoms with E-state index >= 15 is 8.63 Å². The number of allylic oxidation sites excluding steroid dienone is 1. The normalized spacial score (nSPS) is 14.1. The lowest BCUT2D eigenvalue weighted by Crippen LogP contribution is -2.21. The van der Waals surface area contributed by atoms with Gasteiger partial charge in [0.25, 0.3) is 0 Å². The van der Waals surface area contributed by atoms with Crippen LogP contribution < -0.4 is 4.90 Å². The molecule has 0 fully saturated rings. The quantitative estimate of drug-likeness (QED) is 0.163. The minimum atomic E-state index is -2.98. The zero-order chi connectivity index (χ0) is 35.8. The van der Waals surface area contributed by atoms with Gasteiger partial charge in [0.15, 0.2) is 0 Å². The van der Waals surface area contributed by atoms with Crippen LogP contribution in [0.3, 0.4) is 0 Å². The standard InChI is InChI=1S/C38H46BF2N3O4/c1-20(2)33-30(37(45)47-11)24(7)34(42-33)32(36-25(8)31(38(46)48-12)35(21(3)4)44(36)39(40)41)29-22(5)17-27(18-23(29)6)19-26-13-15-28(16-14-26)43(9)10/h13-18,20-21H,19H2,1-12H3/b34-32-. The summed E-state index contributed by atoms with van der Waals surface area (Å²) in [7, 11) is 3.58. The van der Waals surface area contributed by atoms with Crippen LogP contribution in [0.1, 0.15) is 95.7 Å². The van der Waals surface area contributed by atoms with E-state index < -0.39 is 25.3 Å². The first kappa shape index (κ1) is 36.4. The van der Waals surface area contributed by atoms with Crippen molar-refractivity contribution in [1.29, 1.82) is 0 Å². The van der Waals surface area contributed by atoms with Crippen LogP contribution in [0.25, 0.3) is 5.57 Å². The van der Waals surface area contributed by atoms with Crippen LogP contribution in [0.15, 0.2) is 58.2 Å². The van der Waals surface area contributed by atoms with Gasteiger partial charge in [0, 0.05) is 36.7 Å². The average molecular weight is 658 g/mol. The lowest BCUT2D eigenvalue weighted by Gasteiger charge is -2.22. The van der Waals surface area contributed by atoms with Gasteiger partial charge in [0.2, 0.25) is 0 Å². The number of aliphatic imine (C=N–C) groups is 1. The second kappa shape index (κ2) is 14.3. The molecule has 2 heterocycles. The SMILES string of the molecule is COC(=O)C1=C(C)/C(=C(\c2c(C)cc(Cc3ccc(N(C)C)cc3)cc2C)c2c(C)c(C(=O)OC)c(C(C)C)n2B(F)F)N=C1C(C)C. The molecule has 0 spiro atoms. The predicted molar refractivity (Wildman–Crippen MR) is 190 cm³/mol. The highest BCUT2D eigenvalue weighted by molar-refractivity contribution is 6.42. The zero-order valence-corrected chi connectivity index (χ0v) is 30.1. The second-order valence-corrected chi connectivity index (χ2v) is 13.2. The van der Waals surface area contributed by atoms with Crippen molar-refractivity contribution in [3.63, 3.8) is 0 Å². The predicted octanol–water partition coefficient (Wildman–Crippen LogP) is 8.11. The van der Waals surface area contributed by atoms with E-state index in [-0.39, 0.29) is 22.9 Å². The van der Waals surface area contributed by atoms with Crippen molar-refractivity contribution in [2.45, 2.75) is 67.7 Å². The summed E-state index contributed by atoms with van der Waals surface area (Å²) in [5.74, 6) is -1.82. The molecule has 0 bridgehead atoms. The Kier molecular flexibility index (Phi) is 10.9. The summed E-state index contributed by atoms with van der Waals surface area (Å²) in [6.07, 6.45) is 0.680. The van der Waals surface area contributed by atoms with Crippen molar-refractivity contribution in [3.8, 4) is 0 Å². The number of aromatic nitrogens is 1. The van der Waals surface area contributed by atoms with Crippen molar-refractivity contribution in [3.05, 3.63) is 104 Å². The number of carbonyl (C=O) groups is 2. The number of hydrogen-bond donors (Lipinski definition) is 0. The van der Waals surface area contributed by atoms with Crippen molar-refractivity contribution in [1.82, 2.24) is 4.48 Å². The van der Waals surface area contributed by atoms with E-state index in [0.29, 0.717) is 45.7 Å². The number of rotatable bonds is 10. The number of anilines is 1. The zero-order valence-electron chi connectivity index (χ0n) is 30.1. The van der Waals surface area contributed by atoms with Crippen LogP contribution in [0.2, 0.25) is 0 Å². The molecule has 0 unspecified atom stereocenters. The fourth-order valence-electron chi connectivity index (χ4n) is 6.81. The minimum absolute atomic E-state index is 0.106. The first-order valence-corrected chi connectivity index (χ1v) is 16.2. The number of ether oxygens (including phenoxy) is 2. The van der Waals surface area contributed by atoms with Crippen molar-refractivity contribution in [2.75, 3.05) is 33.2 Å². The smallest absolute Gasteiger partial charge is 0.465 e. The van der Waals surface area contributed by atoms with Crippen molar-refractivity contribution >= 4 is 36.3 Å². The molecule has 10 heteroatoms. The number of methoxy groups -OCH3 is 2. The first-order valence-electron chi connectivity index (χ1n) is 16.2. The molecule has 7 nitrogen and oxygen atoms in total. The third kappa shape index (κ3) is 6.62. The molecule has 0 saturated carbocycles. The Morgan fingerprint density at radius 3 is 1.88 bits per heavy atom. The monoisotopic (exact) mass is 657 g/mol. The molecular weight excluding hydrogens is 611 g/mol. The fourth-order valence-corrected chi connectivity index (χ4v) is 6.81. The first-order chi connectivity index (χ1) is 22.5. The van der Waals surface area contributed by atoms with Crippen LogP contribution in [-0.4, -0.2) is 57.8 Å². The summed E-state index contributed by atoms with van der Waals surface area (Å²) in [5, 5.41) is 0. The van der Waals surface area contributed by atoms with Gasteiger partial charge in [-0.1, -0.05) is 52.0 Å². The van der Waals surface area contributed by atoms with Crippen LogP contribution in [0.4, 0.5) is 14.3 Å². The Morgan fingerprint density at radius 1 is 0.854 bits per heavy atom. The maximum absolute atomic E-state index is 15.4. The summed E-state index contributed by atoms with van der Waals surface area (Å²) >= 11 is 0. The molecule has 2 aromatic carbocycles. The Hall–Kier alpha value is -4.47. The molecule has 0 atom stereocenters. The van der Waals surface area contributed by atoms with E-state index in [4.69, 9.17) is 14.5 Å². The van der Waals surface area contributed by atoms with Gasteiger partial charge in [-0.3, -0.25) is 13.6 Å². The number of aryl methyl sites for hydroxylation is 2. The number of benzene rings is 2. The van der Waals surface area contributed by atoms with E-state index in [0.717, 1.165) is 32.4 Å². The Labute approximate surface area is 283 Å². The van der Waals surface area contributed by atoms with Gasteiger partial charge in [0.1, 0.15) is 0 Å². The molecule has 1 aliphatic heterocycles. The molecule has 1 aliphatic rings. The topological polar surface area (TPSA) is 73.1 Å². The van der Waals surface area contributed by atoms with Crippen LogP contribution in [-0.2, 0) is 20.7 Å². The summed E-state index contributed by atoms with van der Waals surface area (Å²) < 4.78 is 42.0. The summed E-state index contributed by atoms with van der Waals surface area (Å²) in [5.41, 5.74) is 8.72. The minimum Gasteiger partial charge on any atom is -0.465 e. The van der Waals surface area contributed by atoms with Gasteiger partial charge < -0.3 is 18.9 Å². The third-order valence-electron chi connectivity index (χ3n) is 8.95. The van der Waals surface area contributed by atoms with E-state index in [1.807, 2.05) is 46.7 Å². The van der Waals surface area contributed by atoms with E-state index in [1.54, 1.807) is 27.7 Å². The molecule has 0 radical (unpaired) electrons. The van der Waals surface area contributed by atoms with Crippen LogP contribution >= 0.6 is 0 Å². The second-order valence-electron chi connectivity index (χ2n) is 13.2. The molecule has 254 valence electrons. The summed E-state index contributed by atoms with van der Waals surface area (Å²) in [6.45, 7) is 14.8. The van der Waals surface area contributed by atoms with Crippen LogP contribution in [0, 0.1) is 26.7 Å². The molecule has 4 rings (SSSR count). The van der Waals surface area contributed by atoms with Gasteiger partial charge in [-0.15, -0.1) is 0 Å². The molecule has 48 heavy (non-hydrogen) atoms. The third-order valence-corrected chi connectivity index (χ3v) is 8.95. The Bertz CT molecular complexity index is 1820. The van der Waals surface area contributed by atoms with Crippen LogP contribution in [0.5, 0.6) is 0 Å². The van der Waals surface area contributed by atoms with Gasteiger partial charge in [0.05, 0.1) is 36.8 Å². The van der Waals surface area contributed by atoms with E-state index in [1.165, 1.54) is 14.2 Å². The fraction of sp³-hybridized carbons (Fsp3) is 0.395. The molecule has 0 saturated heterocycles. The number of nitrogens with zero attached hydrogens (tertiary/aromatic N) is 3. The number of carbonyl (C=O) groups excluding carboxylic acids is 2. The lowest BCUT2D eigenvalue weighted by atomic mass is 9.86. The van der Waals surface area contributed by atoms with Crippen molar-refractivity contribution in [2.24, 2.45) is 10.9 Å². The van der Waals surface area contributed by atoms with Gasteiger partial charge in [-0.05, 0) is 97.0 Å². The molecule has 3 aromatic rings. The average Bonchev–Trinajstić information content (AvgIpc) is 3.53. The molecule has 0 amide bonds. The van der Waals surface area contributed by atoms with Gasteiger partial charge in [-0.2, -0.15) is 0 Å². The number of hydrogen-bond acceptors (Lipinski definition) is 6. The molecular formula is C38H46BF2N3O4.